The van der Waals surface area contributed by atoms with Crippen LogP contribution < -0.4 is 5.73 Å². The summed E-state index contributed by atoms with van der Waals surface area (Å²) in [5.41, 5.74) is 7.39. The first-order valence-corrected chi connectivity index (χ1v) is 9.44. The molecule has 3 rings (SSSR count). The molecule has 1 aliphatic heterocycles. The van der Waals surface area contributed by atoms with Crippen molar-refractivity contribution in [2.45, 2.75) is 37.6 Å². The Morgan fingerprint density at radius 2 is 2.12 bits per heavy atom. The van der Waals surface area contributed by atoms with Gasteiger partial charge in [-0.2, -0.15) is 4.31 Å². The molecule has 24 heavy (non-hydrogen) atoms. The molecule has 0 spiro atoms. The third kappa shape index (κ3) is 3.42. The second kappa shape index (κ2) is 7.35. The van der Waals surface area contributed by atoms with Crippen LogP contribution in [0.5, 0.6) is 0 Å². The first-order valence-electron chi connectivity index (χ1n) is 8.00. The highest BCUT2D eigenvalue weighted by Crippen LogP contribution is 2.30. The predicted molar refractivity (Wildman–Crippen MR) is 98.9 cm³/mol. The lowest BCUT2D eigenvalue weighted by Gasteiger charge is -2.36. The van der Waals surface area contributed by atoms with E-state index >= 15 is 0 Å². The lowest BCUT2D eigenvalue weighted by atomic mass is 9.94. The highest BCUT2D eigenvalue weighted by atomic mass is 35.5. The van der Waals surface area contributed by atoms with Crippen LogP contribution >= 0.6 is 12.4 Å². The summed E-state index contributed by atoms with van der Waals surface area (Å²) in [6.07, 6.45) is 3.39. The van der Waals surface area contributed by atoms with E-state index in [1.54, 1.807) is 22.6 Å². The maximum absolute atomic E-state index is 13.2. The van der Waals surface area contributed by atoms with Crippen molar-refractivity contribution in [3.8, 4) is 0 Å². The molecule has 7 heteroatoms. The Bertz CT molecular complexity index is 826. The van der Waals surface area contributed by atoms with Crippen LogP contribution in [0.15, 0.2) is 35.4 Å². The first-order chi connectivity index (χ1) is 10.9. The normalized spacial score (nSPS) is 22.3. The van der Waals surface area contributed by atoms with Gasteiger partial charge in [0.1, 0.15) is 4.90 Å². The van der Waals surface area contributed by atoms with Gasteiger partial charge in [0.2, 0.25) is 10.0 Å². The van der Waals surface area contributed by atoms with Crippen LogP contribution in [0.3, 0.4) is 0 Å². The molecule has 1 aliphatic rings. The van der Waals surface area contributed by atoms with Gasteiger partial charge in [-0.05, 0) is 43.4 Å². The number of aromatic nitrogens is 1. The van der Waals surface area contributed by atoms with Crippen molar-refractivity contribution < 1.29 is 8.42 Å². The van der Waals surface area contributed by atoms with Gasteiger partial charge in [0.25, 0.3) is 0 Å². The fourth-order valence-electron chi connectivity index (χ4n) is 3.34. The molecule has 1 fully saturated rings. The highest BCUT2D eigenvalue weighted by Gasteiger charge is 2.35. The molecule has 0 radical (unpaired) electrons. The number of pyridine rings is 1. The van der Waals surface area contributed by atoms with E-state index in [2.05, 4.69) is 11.9 Å². The van der Waals surface area contributed by atoms with Gasteiger partial charge in [0.15, 0.2) is 0 Å². The number of hydrogen-bond acceptors (Lipinski definition) is 4. The largest absolute Gasteiger partial charge is 0.329 e. The minimum absolute atomic E-state index is 0. The molecular formula is C17H24ClN3O2S. The molecule has 0 amide bonds. The lowest BCUT2D eigenvalue weighted by molar-refractivity contribution is 0.211. The lowest BCUT2D eigenvalue weighted by Crippen LogP contribution is -2.49. The average molecular weight is 370 g/mol. The van der Waals surface area contributed by atoms with E-state index in [0.717, 1.165) is 23.8 Å². The standard InChI is InChI=1S/C17H23N3O2S.ClH/c1-12-6-7-20(15(9-12)10-18)23(21,22)16-5-3-4-14-8-13(2)11-19-17(14)16;/h3-5,8,11-12,15H,6-7,9-10,18H2,1-2H3;1H. The van der Waals surface area contributed by atoms with E-state index in [1.807, 2.05) is 19.1 Å². The van der Waals surface area contributed by atoms with Gasteiger partial charge in [-0.15, -0.1) is 12.4 Å². The monoisotopic (exact) mass is 369 g/mol. The number of rotatable bonds is 3. The summed E-state index contributed by atoms with van der Waals surface area (Å²) in [7, 11) is -3.60. The van der Waals surface area contributed by atoms with Crippen LogP contribution in [-0.2, 0) is 10.0 Å². The Labute approximate surface area is 149 Å². The van der Waals surface area contributed by atoms with Crippen molar-refractivity contribution in [1.82, 2.24) is 9.29 Å². The van der Waals surface area contributed by atoms with Crippen molar-refractivity contribution in [2.75, 3.05) is 13.1 Å². The Hall–Kier alpha value is -1.21. The number of fused-ring (bicyclic) bond motifs is 1. The van der Waals surface area contributed by atoms with E-state index in [9.17, 15) is 8.42 Å². The SMILES string of the molecule is Cc1cnc2c(S(=O)(=O)N3CCC(C)CC3CN)cccc2c1.Cl. The van der Waals surface area contributed by atoms with Crippen LogP contribution in [0.4, 0.5) is 0 Å². The summed E-state index contributed by atoms with van der Waals surface area (Å²) in [6.45, 7) is 4.97. The highest BCUT2D eigenvalue weighted by molar-refractivity contribution is 7.89. The zero-order valence-corrected chi connectivity index (χ0v) is 15.6. The number of benzene rings is 1. The summed E-state index contributed by atoms with van der Waals surface area (Å²) in [5, 5.41) is 0.848. The first kappa shape index (κ1) is 19.1. The number of aryl methyl sites for hydroxylation is 1. The molecule has 1 aromatic carbocycles. The van der Waals surface area contributed by atoms with E-state index in [0.29, 0.717) is 24.5 Å². The van der Waals surface area contributed by atoms with Gasteiger partial charge in [0, 0.05) is 30.7 Å². The van der Waals surface area contributed by atoms with Crippen molar-refractivity contribution in [3.05, 3.63) is 36.0 Å². The molecule has 2 heterocycles. The molecule has 0 saturated carbocycles. The molecule has 2 aromatic rings. The quantitative estimate of drug-likeness (QED) is 0.902. The number of para-hydroxylation sites is 1. The molecule has 1 saturated heterocycles. The van der Waals surface area contributed by atoms with Gasteiger partial charge >= 0.3 is 0 Å². The topological polar surface area (TPSA) is 76.3 Å². The van der Waals surface area contributed by atoms with Crippen molar-refractivity contribution in [1.29, 1.82) is 0 Å². The van der Waals surface area contributed by atoms with E-state index in [-0.39, 0.29) is 23.3 Å². The number of sulfonamides is 1. The smallest absolute Gasteiger partial charge is 0.245 e. The molecule has 5 nitrogen and oxygen atoms in total. The Morgan fingerprint density at radius 3 is 2.83 bits per heavy atom. The fourth-order valence-corrected chi connectivity index (χ4v) is 5.17. The zero-order chi connectivity index (χ0) is 16.6. The minimum Gasteiger partial charge on any atom is -0.329 e. The van der Waals surface area contributed by atoms with Crippen LogP contribution in [0, 0.1) is 12.8 Å². The summed E-state index contributed by atoms with van der Waals surface area (Å²) in [4.78, 5) is 4.65. The van der Waals surface area contributed by atoms with Crippen molar-refractivity contribution in [2.24, 2.45) is 11.7 Å². The maximum Gasteiger partial charge on any atom is 0.245 e. The maximum atomic E-state index is 13.2. The number of nitrogens with zero attached hydrogens (tertiary/aromatic N) is 2. The van der Waals surface area contributed by atoms with E-state index in [1.165, 1.54) is 0 Å². The van der Waals surface area contributed by atoms with Crippen LogP contribution in [0.25, 0.3) is 10.9 Å². The molecule has 0 bridgehead atoms. The summed E-state index contributed by atoms with van der Waals surface area (Å²) in [6, 6.07) is 7.14. The Morgan fingerprint density at radius 1 is 1.38 bits per heavy atom. The molecule has 1 aromatic heterocycles. The third-order valence-electron chi connectivity index (χ3n) is 4.59. The number of hydrogen-bond donors (Lipinski definition) is 1. The van der Waals surface area contributed by atoms with Gasteiger partial charge in [-0.1, -0.05) is 19.1 Å². The summed E-state index contributed by atoms with van der Waals surface area (Å²) < 4.78 is 28.0. The molecule has 2 atom stereocenters. The molecule has 132 valence electrons. The third-order valence-corrected chi connectivity index (χ3v) is 6.58. The van der Waals surface area contributed by atoms with Crippen molar-refractivity contribution in [3.63, 3.8) is 0 Å². The van der Waals surface area contributed by atoms with Crippen LogP contribution in [-0.4, -0.2) is 36.8 Å². The molecule has 2 unspecified atom stereocenters. The van der Waals surface area contributed by atoms with Gasteiger partial charge < -0.3 is 5.73 Å². The number of halogens is 1. The second-order valence-electron chi connectivity index (χ2n) is 6.48. The van der Waals surface area contributed by atoms with Crippen LogP contribution in [0.1, 0.15) is 25.3 Å². The summed E-state index contributed by atoms with van der Waals surface area (Å²) >= 11 is 0. The number of piperidine rings is 1. The molecule has 0 aliphatic carbocycles. The molecule has 2 N–H and O–H groups in total. The predicted octanol–water partition coefficient (Wildman–Crippen LogP) is 2.71. The van der Waals surface area contributed by atoms with Gasteiger partial charge in [-0.25, -0.2) is 8.42 Å². The zero-order valence-electron chi connectivity index (χ0n) is 14.0. The minimum atomic E-state index is -3.60. The van der Waals surface area contributed by atoms with Crippen molar-refractivity contribution >= 4 is 33.3 Å². The Balaban J connectivity index is 0.00000208. The van der Waals surface area contributed by atoms with E-state index < -0.39 is 10.0 Å². The number of nitrogens with two attached hydrogens (primary N) is 1. The Kier molecular flexibility index (Phi) is 5.86. The van der Waals surface area contributed by atoms with Gasteiger partial charge in [0.05, 0.1) is 5.52 Å². The van der Waals surface area contributed by atoms with E-state index in [4.69, 9.17) is 5.73 Å². The van der Waals surface area contributed by atoms with Crippen LogP contribution in [0.2, 0.25) is 0 Å². The second-order valence-corrected chi connectivity index (χ2v) is 8.33. The fraction of sp³-hybridized carbons (Fsp3) is 0.471. The average Bonchev–Trinajstić information content (AvgIpc) is 2.53. The summed E-state index contributed by atoms with van der Waals surface area (Å²) in [5.74, 6) is 0.503. The molecular weight excluding hydrogens is 346 g/mol. The van der Waals surface area contributed by atoms with Gasteiger partial charge in [-0.3, -0.25) is 4.98 Å².